The van der Waals surface area contributed by atoms with Crippen molar-refractivity contribution in [3.8, 4) is 0 Å². The monoisotopic (exact) mass is 1320 g/mol. The van der Waals surface area contributed by atoms with Crippen LogP contribution in [0, 0.1) is 0 Å². The summed E-state index contributed by atoms with van der Waals surface area (Å²) in [6.07, 6.45) is -64.1. The van der Waals surface area contributed by atoms with E-state index in [4.69, 9.17) is 66.3 Å². The third kappa shape index (κ3) is 16.5. The molecule has 7 fully saturated rings. The van der Waals surface area contributed by atoms with Crippen LogP contribution in [0.4, 0.5) is 0 Å². The van der Waals surface area contributed by atoms with Gasteiger partial charge in [0.15, 0.2) is 44.0 Å². The Morgan fingerprint density at radius 2 is 0.722 bits per heavy atom. The van der Waals surface area contributed by atoms with Crippen molar-refractivity contribution >= 4 is 18.2 Å². The SMILES string of the molecule is CC(=O)N[C@H]1[C@H](O[C@H]2[C@@H](O)[C@@H](CO)O[C@@H](O[C@H]3[C@H](O)[C@@H](O)[C@H](OC[C@@H](CO)NC=O)O[C@@H]3CO)[C@@H]2O)O[C@H](CO)[C@@H](O)[C@@H]1O[C@@H]1O[C@H](CO)[C@H](O)[C@H](O[C@@H]2O[C@H](CO)[C@@H](O)[C@H](O[C@@H]3O[C@H](CO)[C@H](O)[C@H](O)[C@H]3O[C@@H]3O[C@@H](C)[C@@H](O)[C@@H](O)[C@@H]3O)[C@H]2NC(C)=O)[C@H]1O. The van der Waals surface area contributed by atoms with Gasteiger partial charge in [0.2, 0.25) is 18.2 Å². The highest BCUT2D eigenvalue weighted by molar-refractivity contribution is 5.73. The average Bonchev–Trinajstić information content (AvgIpc) is 0.819. The van der Waals surface area contributed by atoms with Gasteiger partial charge in [0.05, 0.1) is 65.0 Å². The molecule has 90 heavy (non-hydrogen) atoms. The maximum absolute atomic E-state index is 13.0. The molecule has 0 aromatic carbocycles. The summed E-state index contributed by atoms with van der Waals surface area (Å²) in [5.41, 5.74) is 0. The highest BCUT2D eigenvalue weighted by atomic mass is 16.8. The zero-order valence-corrected chi connectivity index (χ0v) is 48.4. The second kappa shape index (κ2) is 33.1. The topological polar surface area (TPSA) is 621 Å². The number of hydrogen-bond donors (Lipinski definition) is 23. The zero-order valence-electron chi connectivity index (χ0n) is 48.4. The number of amides is 3. The Labute approximate surface area is 510 Å². The fourth-order valence-electron chi connectivity index (χ4n) is 11.3. The van der Waals surface area contributed by atoms with Crippen molar-refractivity contribution in [1.29, 1.82) is 0 Å². The van der Waals surface area contributed by atoms with E-state index in [0.29, 0.717) is 0 Å². The largest absolute Gasteiger partial charge is 0.394 e. The standard InChI is InChI=1S/C50H85N3O37/c1-13-25(64)31(70)34(73)47(78-13)90-43-32(71)26(65)17(5-55)83-50(43)87-40-24(53-15(3)63)45(80-19(7-57)28(40)67)89-42-30(69)21(9-59)82-49(37(42)76)86-39-23(52-14(2)62)44(79-18(6-56)27(39)66)88-41-29(68)20(8-58)81-48(36(41)75)85-38-22(10-60)84-46(35(74)33(38)72)77-11-16(4-54)51-12-61/h12-13,16-50,54-60,64-76H,4-11H2,1-3H3,(H,51,61)(H,52,62)(H,53,63)/t13-,16+,17+,18+,19+,20+,21+,22+,23+,24+,25+,26-,27+,28+,29-,30-,31+,32-,33+,34-,35+,36+,37+,38+,39+,40+,41-,42-,43+,44-,45-,46+,47-,48-,49-,50-/m0/s1. The molecule has 7 rings (SSSR count). The molecule has 7 heterocycles. The Balaban J connectivity index is 1.14. The van der Waals surface area contributed by atoms with Crippen LogP contribution < -0.4 is 16.0 Å². The number of hydrogen-bond acceptors (Lipinski definition) is 37. The molecule has 0 aromatic rings. The van der Waals surface area contributed by atoms with Gasteiger partial charge in [0, 0.05) is 13.8 Å². The summed E-state index contributed by atoms with van der Waals surface area (Å²) in [5.74, 6) is -1.84. The van der Waals surface area contributed by atoms with Crippen molar-refractivity contribution in [1.82, 2.24) is 16.0 Å². The predicted octanol–water partition coefficient (Wildman–Crippen LogP) is -15.8. The van der Waals surface area contributed by atoms with Gasteiger partial charge in [-0.15, -0.1) is 0 Å². The average molecular weight is 1320 g/mol. The Morgan fingerprint density at radius 3 is 1.16 bits per heavy atom. The van der Waals surface area contributed by atoms with Crippen LogP contribution in [0.3, 0.4) is 0 Å². The number of carbonyl (C=O) groups excluding carboxylic acids is 3. The van der Waals surface area contributed by atoms with Crippen LogP contribution in [-0.2, 0) is 80.7 Å². The fourth-order valence-corrected chi connectivity index (χ4v) is 11.3. The number of carbonyl (C=O) groups is 3. The van der Waals surface area contributed by atoms with Crippen molar-refractivity contribution in [3.05, 3.63) is 0 Å². The van der Waals surface area contributed by atoms with Gasteiger partial charge in [0.1, 0.15) is 165 Å². The lowest BCUT2D eigenvalue weighted by Crippen LogP contribution is -2.71. The fraction of sp³-hybridized carbons (Fsp3) is 0.940. The van der Waals surface area contributed by atoms with Gasteiger partial charge in [-0.2, -0.15) is 0 Å². The minimum absolute atomic E-state index is 0.265. The van der Waals surface area contributed by atoms with Gasteiger partial charge >= 0.3 is 0 Å². The van der Waals surface area contributed by atoms with Gasteiger partial charge in [-0.1, -0.05) is 0 Å². The van der Waals surface area contributed by atoms with E-state index in [2.05, 4.69) is 16.0 Å². The Bertz CT molecular complexity index is 2230. The normalized spacial score (nSPS) is 48.1. The molecule has 40 heteroatoms. The van der Waals surface area contributed by atoms with Crippen molar-refractivity contribution in [2.24, 2.45) is 0 Å². The van der Waals surface area contributed by atoms with E-state index >= 15 is 0 Å². The first-order valence-corrected chi connectivity index (χ1v) is 28.7. The van der Waals surface area contributed by atoms with E-state index in [1.165, 1.54) is 6.92 Å². The summed E-state index contributed by atoms with van der Waals surface area (Å²) < 4.78 is 81.4. The highest BCUT2D eigenvalue weighted by Gasteiger charge is 2.59. The lowest BCUT2D eigenvalue weighted by molar-refractivity contribution is -0.391. The molecule has 3 amide bonds. The van der Waals surface area contributed by atoms with Crippen LogP contribution in [0.25, 0.3) is 0 Å². The predicted molar refractivity (Wildman–Crippen MR) is 277 cm³/mol. The quantitative estimate of drug-likeness (QED) is 0.0358. The van der Waals surface area contributed by atoms with Gasteiger partial charge in [-0.05, 0) is 6.92 Å². The number of rotatable bonds is 26. The molecular weight excluding hydrogens is 1230 g/mol. The molecule has 36 atom stereocenters. The van der Waals surface area contributed by atoms with Crippen LogP contribution in [0.5, 0.6) is 0 Å². The summed E-state index contributed by atoms with van der Waals surface area (Å²) in [6.45, 7) is -4.11. The molecule has 0 unspecified atom stereocenters. The van der Waals surface area contributed by atoms with Crippen LogP contribution in [0.2, 0.25) is 0 Å². The van der Waals surface area contributed by atoms with E-state index < -0.39 is 286 Å². The third-order valence-corrected chi connectivity index (χ3v) is 16.3. The highest BCUT2D eigenvalue weighted by Crippen LogP contribution is 2.38. The number of ether oxygens (including phenoxy) is 14. The molecule has 7 saturated heterocycles. The molecular formula is C50H85N3O37. The van der Waals surface area contributed by atoms with Gasteiger partial charge in [0.25, 0.3) is 0 Å². The first-order valence-electron chi connectivity index (χ1n) is 28.7. The summed E-state index contributed by atoms with van der Waals surface area (Å²) in [5, 5.41) is 225. The maximum atomic E-state index is 13.0. The second-order valence-corrected chi connectivity index (χ2v) is 22.5. The van der Waals surface area contributed by atoms with E-state index in [9.17, 15) is 117 Å². The molecule has 0 aliphatic carbocycles. The van der Waals surface area contributed by atoms with Gasteiger partial charge in [-0.3, -0.25) is 14.4 Å². The van der Waals surface area contributed by atoms with Crippen LogP contribution >= 0.6 is 0 Å². The summed E-state index contributed by atoms with van der Waals surface area (Å²) in [6, 6.07) is -4.75. The molecule has 0 aromatic heterocycles. The number of aliphatic hydroxyl groups is 20. The zero-order chi connectivity index (χ0) is 66.3. The van der Waals surface area contributed by atoms with Crippen molar-refractivity contribution in [3.63, 3.8) is 0 Å². The number of aliphatic hydroxyl groups excluding tert-OH is 20. The Kier molecular flexibility index (Phi) is 27.4. The molecule has 40 nitrogen and oxygen atoms in total. The molecule has 0 saturated carbocycles. The van der Waals surface area contributed by atoms with Crippen LogP contribution in [0.1, 0.15) is 20.8 Å². The molecule has 0 bridgehead atoms. The van der Waals surface area contributed by atoms with Crippen molar-refractivity contribution in [2.45, 2.75) is 242 Å². The Morgan fingerprint density at radius 1 is 0.378 bits per heavy atom. The lowest BCUT2D eigenvalue weighted by Gasteiger charge is -2.51. The number of nitrogens with one attached hydrogen (secondary N) is 3. The summed E-state index contributed by atoms with van der Waals surface area (Å²) in [7, 11) is 0. The van der Waals surface area contributed by atoms with Gasteiger partial charge < -0.3 is 184 Å². The smallest absolute Gasteiger partial charge is 0.217 e. The van der Waals surface area contributed by atoms with Crippen molar-refractivity contribution in [2.75, 3.05) is 52.9 Å². The second-order valence-electron chi connectivity index (χ2n) is 22.5. The lowest BCUT2D eigenvalue weighted by atomic mass is 9.93. The molecule has 7 aliphatic heterocycles. The first kappa shape index (κ1) is 74.4. The minimum Gasteiger partial charge on any atom is -0.394 e. The third-order valence-electron chi connectivity index (χ3n) is 16.3. The van der Waals surface area contributed by atoms with Crippen LogP contribution in [0.15, 0.2) is 0 Å². The van der Waals surface area contributed by atoms with Gasteiger partial charge in [-0.25, -0.2) is 0 Å². The van der Waals surface area contributed by atoms with Crippen LogP contribution in [-0.4, -0.2) is 394 Å². The molecule has 7 aliphatic rings. The molecule has 23 N–H and O–H groups in total. The molecule has 522 valence electrons. The van der Waals surface area contributed by atoms with E-state index in [-0.39, 0.29) is 6.41 Å². The van der Waals surface area contributed by atoms with Crippen molar-refractivity contribution < 1.29 is 183 Å². The van der Waals surface area contributed by atoms with E-state index in [0.717, 1.165) is 13.8 Å². The summed E-state index contributed by atoms with van der Waals surface area (Å²) >= 11 is 0. The first-order chi connectivity index (χ1) is 42.7. The minimum atomic E-state index is -2.36. The molecule has 0 radical (unpaired) electrons. The Hall–Kier alpha value is -2.95. The summed E-state index contributed by atoms with van der Waals surface area (Å²) in [4.78, 5) is 36.9. The molecule has 0 spiro atoms. The van der Waals surface area contributed by atoms with E-state index in [1.54, 1.807) is 0 Å². The van der Waals surface area contributed by atoms with E-state index in [1.807, 2.05) is 0 Å². The maximum Gasteiger partial charge on any atom is 0.217 e.